The van der Waals surface area contributed by atoms with Gasteiger partial charge in [-0.3, -0.25) is 4.79 Å². The second-order valence-electron chi connectivity index (χ2n) is 4.93. The summed E-state index contributed by atoms with van der Waals surface area (Å²) >= 11 is 1.82. The molecule has 6 heteroatoms. The third kappa shape index (κ3) is 3.90. The summed E-state index contributed by atoms with van der Waals surface area (Å²) in [5, 5.41) is 10.6. The van der Waals surface area contributed by atoms with E-state index in [1.807, 2.05) is 18.4 Å². The Morgan fingerprint density at radius 2 is 2.25 bits per heavy atom. The molecular formula is C14H20N4OS. The summed E-state index contributed by atoms with van der Waals surface area (Å²) in [6.07, 6.45) is 4.02. The summed E-state index contributed by atoms with van der Waals surface area (Å²) < 4.78 is 1.80. The van der Waals surface area contributed by atoms with Crippen LogP contribution in [-0.4, -0.2) is 20.7 Å². The minimum absolute atomic E-state index is 0.0672. The normalized spacial score (nSPS) is 10.8. The predicted octanol–water partition coefficient (Wildman–Crippen LogP) is 2.13. The van der Waals surface area contributed by atoms with Gasteiger partial charge in [-0.1, -0.05) is 0 Å². The van der Waals surface area contributed by atoms with Crippen LogP contribution >= 0.6 is 11.3 Å². The van der Waals surface area contributed by atoms with Crippen molar-refractivity contribution in [2.24, 2.45) is 7.05 Å². The van der Waals surface area contributed by atoms with Crippen molar-refractivity contribution in [3.8, 4) is 0 Å². The molecule has 0 aliphatic heterocycles. The molecule has 0 radical (unpaired) electrons. The molecule has 0 aliphatic carbocycles. The van der Waals surface area contributed by atoms with E-state index in [2.05, 4.69) is 35.4 Å². The molecule has 5 nitrogen and oxygen atoms in total. The van der Waals surface area contributed by atoms with Crippen LogP contribution in [0.4, 0.5) is 0 Å². The van der Waals surface area contributed by atoms with Gasteiger partial charge in [0, 0.05) is 23.2 Å². The lowest BCUT2D eigenvalue weighted by Gasteiger charge is -2.04. The molecule has 108 valence electrons. The van der Waals surface area contributed by atoms with Gasteiger partial charge in [-0.05, 0) is 38.3 Å². The summed E-state index contributed by atoms with van der Waals surface area (Å²) in [7, 11) is 1.86. The number of thiophene rings is 1. The van der Waals surface area contributed by atoms with Crippen LogP contribution in [0.25, 0.3) is 0 Å². The Morgan fingerprint density at radius 3 is 2.85 bits per heavy atom. The average molecular weight is 292 g/mol. The molecule has 0 fully saturated rings. The van der Waals surface area contributed by atoms with Crippen molar-refractivity contribution in [3.05, 3.63) is 33.5 Å². The van der Waals surface area contributed by atoms with E-state index in [-0.39, 0.29) is 5.91 Å². The molecule has 2 heterocycles. The molecule has 0 aliphatic rings. The first-order valence-electron chi connectivity index (χ1n) is 6.71. The fourth-order valence-electron chi connectivity index (χ4n) is 2.10. The lowest BCUT2D eigenvalue weighted by Crippen LogP contribution is -2.24. The number of nitrogens with one attached hydrogen (secondary N) is 1. The van der Waals surface area contributed by atoms with E-state index in [9.17, 15) is 4.79 Å². The van der Waals surface area contributed by atoms with E-state index in [1.54, 1.807) is 10.9 Å². The Hall–Kier alpha value is -1.69. The molecular weight excluding hydrogens is 272 g/mol. The molecule has 0 aromatic carbocycles. The molecule has 2 rings (SSSR count). The van der Waals surface area contributed by atoms with Crippen LogP contribution in [0.5, 0.6) is 0 Å². The van der Waals surface area contributed by atoms with Gasteiger partial charge in [-0.15, -0.1) is 21.5 Å². The standard InChI is InChI=1S/C14H20N4OS/c1-10-7-12(11(2)20-10)5-4-6-14(19)15-8-13-17-16-9-18(13)3/h7,9H,4-6,8H2,1-3H3,(H,15,19). The molecule has 1 N–H and O–H groups in total. The summed E-state index contributed by atoms with van der Waals surface area (Å²) in [5.74, 6) is 0.834. The minimum Gasteiger partial charge on any atom is -0.349 e. The van der Waals surface area contributed by atoms with Gasteiger partial charge in [-0.2, -0.15) is 0 Å². The topological polar surface area (TPSA) is 59.8 Å². The van der Waals surface area contributed by atoms with Crippen molar-refractivity contribution in [2.45, 2.75) is 39.7 Å². The molecule has 0 saturated carbocycles. The van der Waals surface area contributed by atoms with Gasteiger partial charge < -0.3 is 9.88 Å². The maximum atomic E-state index is 11.8. The number of carbonyl (C=O) groups is 1. The average Bonchev–Trinajstić information content (AvgIpc) is 2.93. The van der Waals surface area contributed by atoms with E-state index in [1.165, 1.54) is 15.3 Å². The Balaban J connectivity index is 1.70. The Kier molecular flexibility index (Phi) is 4.89. The highest BCUT2D eigenvalue weighted by molar-refractivity contribution is 7.12. The molecule has 2 aromatic rings. The van der Waals surface area contributed by atoms with E-state index in [0.717, 1.165) is 18.7 Å². The molecule has 0 spiro atoms. The van der Waals surface area contributed by atoms with Gasteiger partial charge in [0.2, 0.25) is 5.91 Å². The fourth-order valence-corrected chi connectivity index (χ4v) is 3.08. The van der Waals surface area contributed by atoms with Crippen LogP contribution in [0.1, 0.15) is 34.0 Å². The van der Waals surface area contributed by atoms with Crippen LogP contribution in [0.3, 0.4) is 0 Å². The Bertz CT molecular complexity index is 588. The molecule has 2 aromatic heterocycles. The smallest absolute Gasteiger partial charge is 0.220 e. The Labute approximate surface area is 123 Å². The monoisotopic (exact) mass is 292 g/mol. The van der Waals surface area contributed by atoms with Gasteiger partial charge in [0.1, 0.15) is 6.33 Å². The molecule has 0 bridgehead atoms. The van der Waals surface area contributed by atoms with Crippen LogP contribution in [-0.2, 0) is 24.8 Å². The number of rotatable bonds is 6. The first kappa shape index (κ1) is 14.7. The first-order chi connectivity index (χ1) is 9.56. The molecule has 0 atom stereocenters. The van der Waals surface area contributed by atoms with Crippen LogP contribution < -0.4 is 5.32 Å². The lowest BCUT2D eigenvalue weighted by atomic mass is 10.1. The van der Waals surface area contributed by atoms with E-state index in [0.29, 0.717) is 13.0 Å². The quantitative estimate of drug-likeness (QED) is 0.887. The summed E-state index contributed by atoms with van der Waals surface area (Å²) in [5.41, 5.74) is 1.37. The maximum Gasteiger partial charge on any atom is 0.220 e. The van der Waals surface area contributed by atoms with Gasteiger partial charge in [0.15, 0.2) is 5.82 Å². The van der Waals surface area contributed by atoms with Gasteiger partial charge >= 0.3 is 0 Å². The van der Waals surface area contributed by atoms with Gasteiger partial charge in [0.05, 0.1) is 6.54 Å². The van der Waals surface area contributed by atoms with Crippen LogP contribution in [0.15, 0.2) is 12.4 Å². The van der Waals surface area contributed by atoms with Crippen molar-refractivity contribution < 1.29 is 4.79 Å². The number of amides is 1. The molecule has 20 heavy (non-hydrogen) atoms. The maximum absolute atomic E-state index is 11.8. The third-order valence-electron chi connectivity index (χ3n) is 3.24. The van der Waals surface area contributed by atoms with E-state index >= 15 is 0 Å². The van der Waals surface area contributed by atoms with E-state index in [4.69, 9.17) is 0 Å². The molecule has 1 amide bonds. The second-order valence-corrected chi connectivity index (χ2v) is 6.39. The predicted molar refractivity (Wildman–Crippen MR) is 79.6 cm³/mol. The van der Waals surface area contributed by atoms with E-state index < -0.39 is 0 Å². The number of carbonyl (C=O) groups excluding carboxylic acids is 1. The van der Waals surface area contributed by atoms with Crippen LogP contribution in [0, 0.1) is 13.8 Å². The number of aryl methyl sites for hydroxylation is 4. The zero-order chi connectivity index (χ0) is 14.5. The summed E-state index contributed by atoms with van der Waals surface area (Å²) in [6, 6.07) is 2.22. The summed E-state index contributed by atoms with van der Waals surface area (Å²) in [6.45, 7) is 4.70. The van der Waals surface area contributed by atoms with Crippen LogP contribution in [0.2, 0.25) is 0 Å². The number of hydrogen-bond donors (Lipinski definition) is 1. The van der Waals surface area contributed by atoms with Crippen molar-refractivity contribution in [1.29, 1.82) is 0 Å². The fraction of sp³-hybridized carbons (Fsp3) is 0.500. The highest BCUT2D eigenvalue weighted by Gasteiger charge is 2.07. The van der Waals surface area contributed by atoms with Crippen molar-refractivity contribution >= 4 is 17.2 Å². The highest BCUT2D eigenvalue weighted by atomic mass is 32.1. The lowest BCUT2D eigenvalue weighted by molar-refractivity contribution is -0.121. The van der Waals surface area contributed by atoms with Crippen molar-refractivity contribution in [3.63, 3.8) is 0 Å². The SMILES string of the molecule is Cc1cc(CCCC(=O)NCc2nncn2C)c(C)s1. The Morgan fingerprint density at radius 1 is 1.45 bits per heavy atom. The van der Waals surface area contributed by atoms with Crippen molar-refractivity contribution in [1.82, 2.24) is 20.1 Å². The third-order valence-corrected chi connectivity index (χ3v) is 4.25. The largest absolute Gasteiger partial charge is 0.349 e. The molecule has 0 unspecified atom stereocenters. The van der Waals surface area contributed by atoms with Gasteiger partial charge in [0.25, 0.3) is 0 Å². The second kappa shape index (κ2) is 6.65. The first-order valence-corrected chi connectivity index (χ1v) is 7.53. The summed E-state index contributed by atoms with van der Waals surface area (Å²) in [4.78, 5) is 14.5. The number of hydrogen-bond acceptors (Lipinski definition) is 4. The zero-order valence-electron chi connectivity index (χ0n) is 12.1. The van der Waals surface area contributed by atoms with Gasteiger partial charge in [-0.25, -0.2) is 0 Å². The number of nitrogens with zero attached hydrogens (tertiary/aromatic N) is 3. The zero-order valence-corrected chi connectivity index (χ0v) is 13.0. The highest BCUT2D eigenvalue weighted by Crippen LogP contribution is 2.22. The van der Waals surface area contributed by atoms with Crippen molar-refractivity contribution in [2.75, 3.05) is 0 Å². The minimum atomic E-state index is 0.0672. The molecule has 0 saturated heterocycles. The number of aromatic nitrogens is 3.